The summed E-state index contributed by atoms with van der Waals surface area (Å²) >= 11 is 0. The van der Waals surface area contributed by atoms with Crippen LogP contribution in [0.4, 0.5) is 0 Å². The number of hydrogen-bond donors (Lipinski definition) is 2. The van der Waals surface area contributed by atoms with E-state index in [9.17, 15) is 4.79 Å². The van der Waals surface area contributed by atoms with Gasteiger partial charge in [0.25, 0.3) is 5.91 Å². The van der Waals surface area contributed by atoms with E-state index in [4.69, 9.17) is 5.73 Å². The molecule has 0 aliphatic carbocycles. The Hall–Kier alpha value is -2.63. The van der Waals surface area contributed by atoms with Crippen LogP contribution >= 0.6 is 0 Å². The molecule has 0 saturated heterocycles. The van der Waals surface area contributed by atoms with Crippen LogP contribution in [-0.4, -0.2) is 25.9 Å². The molecule has 18 heavy (non-hydrogen) atoms. The number of fused-ring (bicyclic) bond motifs is 1. The fourth-order valence-corrected chi connectivity index (χ4v) is 1.95. The summed E-state index contributed by atoms with van der Waals surface area (Å²) in [5.41, 5.74) is 8.28. The molecular formula is C12H11N5O. The summed E-state index contributed by atoms with van der Waals surface area (Å²) in [5, 5.41) is 11.5. The molecule has 6 heteroatoms. The molecule has 0 radical (unpaired) electrons. The first kappa shape index (κ1) is 10.5. The van der Waals surface area contributed by atoms with Gasteiger partial charge in [-0.1, -0.05) is 6.07 Å². The third kappa shape index (κ3) is 1.55. The number of benzene rings is 1. The summed E-state index contributed by atoms with van der Waals surface area (Å²) in [5.74, 6) is -0.537. The van der Waals surface area contributed by atoms with Crippen LogP contribution in [0.2, 0.25) is 0 Å². The average Bonchev–Trinajstić information content (AvgIpc) is 2.93. The highest BCUT2D eigenvalue weighted by Gasteiger charge is 2.12. The predicted molar refractivity (Wildman–Crippen MR) is 66.8 cm³/mol. The number of nitrogens with two attached hydrogens (primary N) is 1. The minimum Gasteiger partial charge on any atom is -0.364 e. The third-order valence-electron chi connectivity index (χ3n) is 2.83. The first-order valence-electron chi connectivity index (χ1n) is 5.42. The molecule has 6 nitrogen and oxygen atoms in total. The quantitative estimate of drug-likeness (QED) is 0.703. The van der Waals surface area contributed by atoms with Crippen molar-refractivity contribution in [2.24, 2.45) is 12.8 Å². The van der Waals surface area contributed by atoms with Gasteiger partial charge in [-0.2, -0.15) is 10.2 Å². The number of carbonyl (C=O) groups excluding carboxylic acids is 1. The van der Waals surface area contributed by atoms with Crippen LogP contribution in [0.1, 0.15) is 10.5 Å². The standard InChI is InChI=1S/C12H11N5O/c1-17-6-8(5-14-17)7-2-3-10-9(4-7)11(12(13)18)16-15-10/h2-6H,1H3,(H2,13,18)(H,15,16). The van der Waals surface area contributed by atoms with Crippen molar-refractivity contribution in [3.63, 3.8) is 0 Å². The molecule has 0 atom stereocenters. The smallest absolute Gasteiger partial charge is 0.269 e. The number of carbonyl (C=O) groups is 1. The topological polar surface area (TPSA) is 89.6 Å². The van der Waals surface area contributed by atoms with Gasteiger partial charge >= 0.3 is 0 Å². The summed E-state index contributed by atoms with van der Waals surface area (Å²) in [6, 6.07) is 5.70. The van der Waals surface area contributed by atoms with Crippen molar-refractivity contribution in [3.05, 3.63) is 36.3 Å². The van der Waals surface area contributed by atoms with Crippen LogP contribution < -0.4 is 5.73 Å². The van der Waals surface area contributed by atoms with Crippen LogP contribution in [0.5, 0.6) is 0 Å². The van der Waals surface area contributed by atoms with Crippen molar-refractivity contribution in [2.75, 3.05) is 0 Å². The van der Waals surface area contributed by atoms with Gasteiger partial charge in [-0.05, 0) is 17.7 Å². The van der Waals surface area contributed by atoms with E-state index in [1.807, 2.05) is 31.4 Å². The fraction of sp³-hybridized carbons (Fsp3) is 0.0833. The van der Waals surface area contributed by atoms with E-state index < -0.39 is 5.91 Å². The summed E-state index contributed by atoms with van der Waals surface area (Å²) < 4.78 is 1.73. The monoisotopic (exact) mass is 241 g/mol. The van der Waals surface area contributed by atoms with Gasteiger partial charge in [0.1, 0.15) is 0 Å². The second-order valence-corrected chi connectivity index (χ2v) is 4.10. The van der Waals surface area contributed by atoms with E-state index in [1.54, 1.807) is 10.9 Å². The lowest BCUT2D eigenvalue weighted by Crippen LogP contribution is -2.11. The van der Waals surface area contributed by atoms with Gasteiger partial charge in [-0.25, -0.2) is 0 Å². The Kier molecular flexibility index (Phi) is 2.16. The van der Waals surface area contributed by atoms with Crippen molar-refractivity contribution >= 4 is 16.8 Å². The molecular weight excluding hydrogens is 230 g/mol. The lowest BCUT2D eigenvalue weighted by Gasteiger charge is -1.98. The Morgan fingerprint density at radius 3 is 2.89 bits per heavy atom. The van der Waals surface area contributed by atoms with Gasteiger partial charge in [0.05, 0.1) is 11.7 Å². The second kappa shape index (κ2) is 3.69. The normalized spacial score (nSPS) is 10.9. The Balaban J connectivity index is 2.20. The molecule has 0 aliphatic rings. The van der Waals surface area contributed by atoms with Crippen molar-refractivity contribution in [2.45, 2.75) is 0 Å². The van der Waals surface area contributed by atoms with Crippen LogP contribution in [0.25, 0.3) is 22.0 Å². The van der Waals surface area contributed by atoms with Crippen molar-refractivity contribution in [3.8, 4) is 11.1 Å². The average molecular weight is 241 g/mol. The van der Waals surface area contributed by atoms with Gasteiger partial charge < -0.3 is 5.73 Å². The van der Waals surface area contributed by atoms with Gasteiger partial charge in [0.2, 0.25) is 0 Å². The first-order valence-corrected chi connectivity index (χ1v) is 5.42. The van der Waals surface area contributed by atoms with E-state index in [0.717, 1.165) is 22.0 Å². The second-order valence-electron chi connectivity index (χ2n) is 4.10. The SMILES string of the molecule is Cn1cc(-c2ccc3[nH]nc(C(N)=O)c3c2)cn1. The molecule has 0 unspecified atom stereocenters. The number of aromatic nitrogens is 4. The van der Waals surface area contributed by atoms with Crippen molar-refractivity contribution in [1.82, 2.24) is 20.0 Å². The van der Waals surface area contributed by atoms with Crippen molar-refractivity contribution in [1.29, 1.82) is 0 Å². The van der Waals surface area contributed by atoms with E-state index in [2.05, 4.69) is 15.3 Å². The maximum atomic E-state index is 11.3. The maximum absolute atomic E-state index is 11.3. The zero-order chi connectivity index (χ0) is 12.7. The minimum atomic E-state index is -0.537. The largest absolute Gasteiger partial charge is 0.364 e. The van der Waals surface area contributed by atoms with Crippen LogP contribution in [0.3, 0.4) is 0 Å². The Labute approximate surface area is 102 Å². The summed E-state index contributed by atoms with van der Waals surface area (Å²) in [6.07, 6.45) is 3.68. The van der Waals surface area contributed by atoms with E-state index in [1.165, 1.54) is 0 Å². The molecule has 0 saturated carbocycles. The number of hydrogen-bond acceptors (Lipinski definition) is 3. The van der Waals surface area contributed by atoms with Crippen LogP contribution in [0.15, 0.2) is 30.6 Å². The van der Waals surface area contributed by atoms with Gasteiger partial charge in [-0.3, -0.25) is 14.6 Å². The van der Waals surface area contributed by atoms with Crippen molar-refractivity contribution < 1.29 is 4.79 Å². The number of aromatic amines is 1. The molecule has 2 heterocycles. The molecule has 3 N–H and O–H groups in total. The highest BCUT2D eigenvalue weighted by molar-refractivity contribution is 6.04. The number of primary amides is 1. The van der Waals surface area contributed by atoms with Crippen LogP contribution in [0, 0.1) is 0 Å². The molecule has 1 amide bonds. The number of rotatable bonds is 2. The minimum absolute atomic E-state index is 0.260. The van der Waals surface area contributed by atoms with E-state index in [0.29, 0.717) is 0 Å². The molecule has 3 aromatic rings. The molecule has 90 valence electrons. The fourth-order valence-electron chi connectivity index (χ4n) is 1.95. The zero-order valence-corrected chi connectivity index (χ0v) is 9.71. The lowest BCUT2D eigenvalue weighted by molar-refractivity contribution is 0.0997. The molecule has 0 bridgehead atoms. The molecule has 0 fully saturated rings. The third-order valence-corrected chi connectivity index (χ3v) is 2.83. The zero-order valence-electron chi connectivity index (χ0n) is 9.71. The molecule has 3 rings (SSSR count). The maximum Gasteiger partial charge on any atom is 0.269 e. The van der Waals surface area contributed by atoms with Crippen LogP contribution in [-0.2, 0) is 7.05 Å². The summed E-state index contributed by atoms with van der Waals surface area (Å²) in [7, 11) is 1.86. The first-order chi connectivity index (χ1) is 8.65. The van der Waals surface area contributed by atoms with Gasteiger partial charge in [0, 0.05) is 24.2 Å². The Morgan fingerprint density at radius 2 is 2.22 bits per heavy atom. The molecule has 0 aliphatic heterocycles. The summed E-state index contributed by atoms with van der Waals surface area (Å²) in [4.78, 5) is 11.3. The Bertz CT molecular complexity index is 740. The number of nitrogens with zero attached hydrogens (tertiary/aromatic N) is 3. The lowest BCUT2D eigenvalue weighted by atomic mass is 10.1. The van der Waals surface area contributed by atoms with E-state index in [-0.39, 0.29) is 5.69 Å². The molecule has 0 spiro atoms. The summed E-state index contributed by atoms with van der Waals surface area (Å²) in [6.45, 7) is 0. The number of H-pyrrole nitrogens is 1. The van der Waals surface area contributed by atoms with Gasteiger partial charge in [-0.15, -0.1) is 0 Å². The van der Waals surface area contributed by atoms with Gasteiger partial charge in [0.15, 0.2) is 5.69 Å². The highest BCUT2D eigenvalue weighted by atomic mass is 16.1. The Morgan fingerprint density at radius 1 is 1.39 bits per heavy atom. The number of nitrogens with one attached hydrogen (secondary N) is 1. The number of aryl methyl sites for hydroxylation is 1. The molecule has 2 aromatic heterocycles. The van der Waals surface area contributed by atoms with E-state index >= 15 is 0 Å². The number of amides is 1. The predicted octanol–water partition coefficient (Wildman–Crippen LogP) is 1.06. The highest BCUT2D eigenvalue weighted by Crippen LogP contribution is 2.24. The molecule has 1 aromatic carbocycles.